The van der Waals surface area contributed by atoms with E-state index >= 15 is 0 Å². The fraction of sp³-hybridized carbons (Fsp3) is 0.0652. The maximum absolute atomic E-state index is 5.36. The summed E-state index contributed by atoms with van der Waals surface area (Å²) in [5.41, 5.74) is 14.4. The summed E-state index contributed by atoms with van der Waals surface area (Å²) in [5.74, 6) is 0.880. The first-order valence-electron chi connectivity index (χ1n) is 17.4. The topological polar surface area (TPSA) is 41.4 Å². The molecule has 1 spiro atoms. The van der Waals surface area contributed by atoms with E-state index in [0.717, 1.165) is 17.0 Å². The standard InChI is InChI=1S/C46H32N4/c1-3-14-29(15-4-1)43-47-44(30-16-5-2-6-17-30)49-45(48-43)31-26-27-41-39(28-31)46(36-22-10-7-18-32(36)33-19-8-11-23-37(33)46)38-24-13-21-35-34-20-9-12-25-40(34)50(41)42(35)38/h1-28,43-44,47H,(H,48,49). The fourth-order valence-corrected chi connectivity index (χ4v) is 9.04. The lowest BCUT2D eigenvalue weighted by Gasteiger charge is -2.40. The lowest BCUT2D eigenvalue weighted by molar-refractivity contribution is 0.409. The molecule has 7 aromatic carbocycles. The molecule has 2 unspecified atom stereocenters. The largest absolute Gasteiger partial charge is 0.350 e. The number of hydrogen-bond donors (Lipinski definition) is 2. The molecule has 2 aliphatic heterocycles. The van der Waals surface area contributed by atoms with E-state index in [9.17, 15) is 0 Å². The second-order valence-corrected chi connectivity index (χ2v) is 13.6. The highest BCUT2D eigenvalue weighted by molar-refractivity contribution is 6.13. The Labute approximate surface area is 290 Å². The quantitative estimate of drug-likeness (QED) is 0.202. The monoisotopic (exact) mass is 640 g/mol. The fourth-order valence-electron chi connectivity index (χ4n) is 9.04. The van der Waals surface area contributed by atoms with Crippen LogP contribution in [-0.2, 0) is 5.41 Å². The van der Waals surface area contributed by atoms with Gasteiger partial charge >= 0.3 is 0 Å². The Kier molecular flexibility index (Phi) is 5.75. The summed E-state index contributed by atoms with van der Waals surface area (Å²) in [5, 5.41) is 10.1. The summed E-state index contributed by atoms with van der Waals surface area (Å²) in [6.45, 7) is 0. The number of nitrogens with one attached hydrogen (secondary N) is 2. The van der Waals surface area contributed by atoms with Gasteiger partial charge in [-0.1, -0.05) is 146 Å². The highest BCUT2D eigenvalue weighted by Gasteiger charge is 2.51. The van der Waals surface area contributed by atoms with Crippen LogP contribution >= 0.6 is 0 Å². The lowest BCUT2D eigenvalue weighted by atomic mass is 9.65. The van der Waals surface area contributed by atoms with Crippen LogP contribution in [0.15, 0.2) is 175 Å². The average molecular weight is 641 g/mol. The molecule has 8 aromatic rings. The summed E-state index contributed by atoms with van der Waals surface area (Å²) >= 11 is 0. The minimum absolute atomic E-state index is 0.111. The normalized spacial score (nSPS) is 18.0. The molecule has 4 nitrogen and oxygen atoms in total. The van der Waals surface area contributed by atoms with Crippen molar-refractivity contribution in [3.05, 3.63) is 209 Å². The van der Waals surface area contributed by atoms with Gasteiger partial charge in [-0.25, -0.2) is 4.99 Å². The second-order valence-electron chi connectivity index (χ2n) is 13.6. The molecule has 0 saturated carbocycles. The molecule has 2 N–H and O–H groups in total. The zero-order chi connectivity index (χ0) is 32.8. The van der Waals surface area contributed by atoms with Crippen LogP contribution in [0.5, 0.6) is 0 Å². The van der Waals surface area contributed by atoms with Crippen molar-refractivity contribution in [3.8, 4) is 16.8 Å². The van der Waals surface area contributed by atoms with Crippen LogP contribution in [0.4, 0.5) is 0 Å². The van der Waals surface area contributed by atoms with E-state index in [0.29, 0.717) is 0 Å². The van der Waals surface area contributed by atoms with Crippen molar-refractivity contribution < 1.29 is 0 Å². The number of benzene rings is 7. The van der Waals surface area contributed by atoms with Crippen molar-refractivity contribution in [2.45, 2.75) is 17.7 Å². The SMILES string of the molecule is c1ccc(C2N=C(c3ccc4c(c3)C3(c5ccccc5-c5ccccc53)c3cccc5c6ccccc6n-4c35)NC(c3ccccc3)N2)cc1. The second kappa shape index (κ2) is 10.4. The van der Waals surface area contributed by atoms with Crippen LogP contribution in [0.1, 0.15) is 51.3 Å². The van der Waals surface area contributed by atoms with Crippen molar-refractivity contribution >= 4 is 27.6 Å². The van der Waals surface area contributed by atoms with E-state index in [1.807, 2.05) is 0 Å². The molecule has 0 amide bonds. The highest BCUT2D eigenvalue weighted by atomic mass is 15.3. The molecule has 4 heteroatoms. The number of hydrogen-bond acceptors (Lipinski definition) is 3. The molecule has 50 heavy (non-hydrogen) atoms. The van der Waals surface area contributed by atoms with Crippen LogP contribution in [-0.4, -0.2) is 10.4 Å². The maximum atomic E-state index is 5.36. The molecule has 11 rings (SSSR count). The van der Waals surface area contributed by atoms with Gasteiger partial charge in [0.2, 0.25) is 0 Å². The molecule has 1 aromatic heterocycles. The summed E-state index contributed by atoms with van der Waals surface area (Å²) in [6, 6.07) is 61.9. The third kappa shape index (κ3) is 3.66. The van der Waals surface area contributed by atoms with E-state index < -0.39 is 5.41 Å². The number of aromatic nitrogens is 1. The Hall–Kier alpha value is -6.23. The van der Waals surface area contributed by atoms with Crippen molar-refractivity contribution in [3.63, 3.8) is 0 Å². The number of rotatable bonds is 3. The van der Waals surface area contributed by atoms with Gasteiger partial charge in [0.25, 0.3) is 0 Å². The van der Waals surface area contributed by atoms with Gasteiger partial charge in [-0.05, 0) is 68.8 Å². The van der Waals surface area contributed by atoms with Crippen molar-refractivity contribution in [1.29, 1.82) is 0 Å². The molecule has 0 bridgehead atoms. The first kappa shape index (κ1) is 27.7. The molecule has 2 atom stereocenters. The Bertz CT molecular complexity index is 2620. The van der Waals surface area contributed by atoms with Gasteiger partial charge in [-0.3, -0.25) is 5.32 Å². The highest BCUT2D eigenvalue weighted by Crippen LogP contribution is 2.61. The van der Waals surface area contributed by atoms with Crippen molar-refractivity contribution in [2.75, 3.05) is 0 Å². The molecule has 0 fully saturated rings. The van der Waals surface area contributed by atoms with Crippen LogP contribution in [0.25, 0.3) is 38.6 Å². The Morgan fingerprint density at radius 1 is 0.520 bits per heavy atom. The Balaban J connectivity index is 1.22. The number of para-hydroxylation sites is 2. The van der Waals surface area contributed by atoms with E-state index in [-0.39, 0.29) is 12.3 Å². The molecule has 3 heterocycles. The molecule has 0 radical (unpaired) electrons. The average Bonchev–Trinajstić information content (AvgIpc) is 3.69. The third-order valence-corrected chi connectivity index (χ3v) is 11.1. The summed E-state index contributed by atoms with van der Waals surface area (Å²) in [4.78, 5) is 5.36. The molecular formula is C46H32N4. The van der Waals surface area contributed by atoms with E-state index in [4.69, 9.17) is 4.99 Å². The minimum atomic E-state index is -0.506. The Morgan fingerprint density at radius 3 is 1.90 bits per heavy atom. The van der Waals surface area contributed by atoms with Gasteiger partial charge in [-0.15, -0.1) is 0 Å². The van der Waals surface area contributed by atoms with Gasteiger partial charge in [0.05, 0.1) is 22.1 Å². The molecular weight excluding hydrogens is 609 g/mol. The van der Waals surface area contributed by atoms with E-state index in [1.165, 1.54) is 66.4 Å². The molecule has 3 aliphatic rings. The van der Waals surface area contributed by atoms with Crippen LogP contribution in [0.2, 0.25) is 0 Å². The van der Waals surface area contributed by atoms with Gasteiger partial charge in [0.15, 0.2) is 0 Å². The first-order valence-corrected chi connectivity index (χ1v) is 17.4. The minimum Gasteiger partial charge on any atom is -0.350 e. The Morgan fingerprint density at radius 2 is 1.14 bits per heavy atom. The van der Waals surface area contributed by atoms with Gasteiger partial charge in [0, 0.05) is 16.3 Å². The van der Waals surface area contributed by atoms with Crippen molar-refractivity contribution in [2.24, 2.45) is 4.99 Å². The predicted molar refractivity (Wildman–Crippen MR) is 203 cm³/mol. The van der Waals surface area contributed by atoms with Crippen LogP contribution in [0.3, 0.4) is 0 Å². The summed E-state index contributed by atoms with van der Waals surface area (Å²) in [6.07, 6.45) is -0.315. The number of amidine groups is 1. The van der Waals surface area contributed by atoms with Crippen LogP contribution in [0, 0.1) is 0 Å². The lowest BCUT2D eigenvalue weighted by Crippen LogP contribution is -2.45. The molecule has 0 saturated heterocycles. The number of aliphatic imine (C=N–C) groups is 1. The smallest absolute Gasteiger partial charge is 0.131 e. The third-order valence-electron chi connectivity index (χ3n) is 11.1. The zero-order valence-electron chi connectivity index (χ0n) is 27.2. The van der Waals surface area contributed by atoms with E-state index in [2.05, 4.69) is 185 Å². The van der Waals surface area contributed by atoms with Crippen molar-refractivity contribution in [1.82, 2.24) is 15.2 Å². The summed E-state index contributed by atoms with van der Waals surface area (Å²) < 4.78 is 2.51. The number of nitrogens with zero attached hydrogens (tertiary/aromatic N) is 2. The predicted octanol–water partition coefficient (Wildman–Crippen LogP) is 9.80. The number of fused-ring (bicyclic) bond motifs is 12. The molecule has 1 aliphatic carbocycles. The van der Waals surface area contributed by atoms with Crippen LogP contribution < -0.4 is 10.6 Å². The maximum Gasteiger partial charge on any atom is 0.131 e. The zero-order valence-corrected chi connectivity index (χ0v) is 27.2. The van der Waals surface area contributed by atoms with E-state index in [1.54, 1.807) is 0 Å². The first-order chi connectivity index (χ1) is 24.8. The van der Waals surface area contributed by atoms with Gasteiger partial charge < -0.3 is 9.88 Å². The summed E-state index contributed by atoms with van der Waals surface area (Å²) in [7, 11) is 0. The van der Waals surface area contributed by atoms with Gasteiger partial charge in [0.1, 0.15) is 18.2 Å². The van der Waals surface area contributed by atoms with Gasteiger partial charge in [-0.2, -0.15) is 0 Å². The molecule has 236 valence electrons.